The minimum atomic E-state index is 0.154. The lowest BCUT2D eigenvalue weighted by Gasteiger charge is -2.42. The fraction of sp³-hybridized carbons (Fsp3) is 0.875. The molecule has 2 rings (SSSR count). The van der Waals surface area contributed by atoms with Crippen molar-refractivity contribution in [3.63, 3.8) is 0 Å². The number of β-lactam (4-membered cyclic amide) rings is 1. The third-order valence-corrected chi connectivity index (χ3v) is 2.80. The van der Waals surface area contributed by atoms with Gasteiger partial charge in [0.15, 0.2) is 0 Å². The molecule has 3 nitrogen and oxygen atoms in total. The first-order valence-electron chi connectivity index (χ1n) is 4.26. The van der Waals surface area contributed by atoms with Crippen molar-refractivity contribution in [2.24, 2.45) is 5.92 Å². The van der Waals surface area contributed by atoms with Gasteiger partial charge in [0.25, 0.3) is 0 Å². The molecule has 2 aliphatic rings. The van der Waals surface area contributed by atoms with Crippen LogP contribution in [0.15, 0.2) is 0 Å². The van der Waals surface area contributed by atoms with E-state index in [9.17, 15) is 4.79 Å². The average molecular weight is 155 g/mol. The summed E-state index contributed by atoms with van der Waals surface area (Å²) < 4.78 is 0. The second-order valence-corrected chi connectivity index (χ2v) is 3.36. The molecule has 1 unspecified atom stereocenters. The zero-order chi connectivity index (χ0) is 7.84. The van der Waals surface area contributed by atoms with E-state index in [2.05, 4.69) is 0 Å². The third-order valence-electron chi connectivity index (χ3n) is 2.80. The zero-order valence-electron chi connectivity index (χ0n) is 6.49. The molecular formula is C8H13NO2. The molecule has 2 saturated heterocycles. The van der Waals surface area contributed by atoms with Crippen LogP contribution in [0, 0.1) is 5.92 Å². The van der Waals surface area contributed by atoms with Gasteiger partial charge in [-0.05, 0) is 19.3 Å². The summed E-state index contributed by atoms with van der Waals surface area (Å²) in [6.07, 6.45) is 2.97. The van der Waals surface area contributed by atoms with E-state index >= 15 is 0 Å². The van der Waals surface area contributed by atoms with Gasteiger partial charge < -0.3 is 10.0 Å². The Kier molecular flexibility index (Phi) is 1.60. The van der Waals surface area contributed by atoms with Crippen LogP contribution in [0.5, 0.6) is 0 Å². The molecule has 0 saturated carbocycles. The summed E-state index contributed by atoms with van der Waals surface area (Å²) in [5.41, 5.74) is 0. The van der Waals surface area contributed by atoms with Gasteiger partial charge in [-0.2, -0.15) is 0 Å². The molecular weight excluding hydrogens is 142 g/mol. The van der Waals surface area contributed by atoms with Crippen LogP contribution in [-0.2, 0) is 4.79 Å². The average Bonchev–Trinajstić information content (AvgIpc) is 2.44. The van der Waals surface area contributed by atoms with Crippen molar-refractivity contribution in [2.75, 3.05) is 13.2 Å². The standard InChI is InChI=1S/C8H13NO2/c10-5-3-6-7-2-1-4-9(7)8(6)11/h6-7,10H,1-5H2/t6?,7-/m1/s1. The quantitative estimate of drug-likeness (QED) is 0.570. The topological polar surface area (TPSA) is 40.5 Å². The minimum absolute atomic E-state index is 0.154. The second kappa shape index (κ2) is 2.48. The van der Waals surface area contributed by atoms with Crippen LogP contribution >= 0.6 is 0 Å². The van der Waals surface area contributed by atoms with Crippen molar-refractivity contribution < 1.29 is 9.90 Å². The second-order valence-electron chi connectivity index (χ2n) is 3.36. The molecule has 11 heavy (non-hydrogen) atoms. The Bertz CT molecular complexity index is 181. The number of fused-ring (bicyclic) bond motifs is 1. The molecule has 0 aromatic carbocycles. The number of aliphatic hydroxyl groups excluding tert-OH is 1. The van der Waals surface area contributed by atoms with Gasteiger partial charge in [-0.3, -0.25) is 4.79 Å². The summed E-state index contributed by atoms with van der Waals surface area (Å²) in [4.78, 5) is 13.2. The molecule has 0 spiro atoms. The van der Waals surface area contributed by atoms with E-state index in [1.54, 1.807) is 0 Å². The van der Waals surface area contributed by atoms with Gasteiger partial charge in [0.2, 0.25) is 5.91 Å². The van der Waals surface area contributed by atoms with Crippen molar-refractivity contribution >= 4 is 5.91 Å². The number of hydrogen-bond acceptors (Lipinski definition) is 2. The minimum Gasteiger partial charge on any atom is -0.396 e. The Morgan fingerprint density at radius 2 is 2.45 bits per heavy atom. The van der Waals surface area contributed by atoms with Gasteiger partial charge in [-0.1, -0.05) is 0 Å². The van der Waals surface area contributed by atoms with Gasteiger partial charge in [0.1, 0.15) is 0 Å². The van der Waals surface area contributed by atoms with Crippen LogP contribution < -0.4 is 0 Å². The highest BCUT2D eigenvalue weighted by molar-refractivity contribution is 5.86. The van der Waals surface area contributed by atoms with Gasteiger partial charge in [0.05, 0.1) is 5.92 Å². The summed E-state index contributed by atoms with van der Waals surface area (Å²) >= 11 is 0. The fourth-order valence-electron chi connectivity index (χ4n) is 2.23. The number of carbonyl (C=O) groups excluding carboxylic acids is 1. The highest BCUT2D eigenvalue weighted by Crippen LogP contribution is 2.36. The first-order chi connectivity index (χ1) is 5.34. The van der Waals surface area contributed by atoms with E-state index in [-0.39, 0.29) is 18.4 Å². The van der Waals surface area contributed by atoms with Gasteiger partial charge in [-0.25, -0.2) is 0 Å². The number of nitrogens with zero attached hydrogens (tertiary/aromatic N) is 1. The summed E-state index contributed by atoms with van der Waals surface area (Å²) in [5.74, 6) is 0.420. The SMILES string of the molecule is O=C1C(CCO)[C@H]2CCCN12. The van der Waals surface area contributed by atoms with E-state index in [4.69, 9.17) is 5.11 Å². The maximum Gasteiger partial charge on any atom is 0.228 e. The van der Waals surface area contributed by atoms with Crippen molar-refractivity contribution in [3.8, 4) is 0 Å². The highest BCUT2D eigenvalue weighted by Gasteiger charge is 2.48. The Morgan fingerprint density at radius 1 is 1.64 bits per heavy atom. The van der Waals surface area contributed by atoms with Crippen molar-refractivity contribution in [3.05, 3.63) is 0 Å². The first kappa shape index (κ1) is 7.10. The van der Waals surface area contributed by atoms with E-state index in [1.807, 2.05) is 4.90 Å². The van der Waals surface area contributed by atoms with Crippen molar-refractivity contribution in [1.82, 2.24) is 4.90 Å². The molecule has 0 aromatic heterocycles. The number of rotatable bonds is 2. The molecule has 62 valence electrons. The Labute approximate surface area is 66.0 Å². The predicted octanol–water partition coefficient (Wildman–Crippen LogP) is -0.0104. The van der Waals surface area contributed by atoms with Crippen LogP contribution in [0.3, 0.4) is 0 Å². The lowest BCUT2D eigenvalue weighted by molar-refractivity contribution is -0.153. The molecule has 0 aliphatic carbocycles. The van der Waals surface area contributed by atoms with Crippen LogP contribution in [0.4, 0.5) is 0 Å². The molecule has 3 heteroatoms. The molecule has 0 aromatic rings. The lowest BCUT2D eigenvalue weighted by atomic mass is 9.86. The fourth-order valence-corrected chi connectivity index (χ4v) is 2.23. The predicted molar refractivity (Wildman–Crippen MR) is 39.9 cm³/mol. The number of carbonyl (C=O) groups is 1. The maximum atomic E-state index is 11.2. The molecule has 0 bridgehead atoms. The number of aliphatic hydroxyl groups is 1. The Morgan fingerprint density at radius 3 is 3.18 bits per heavy atom. The summed E-state index contributed by atoms with van der Waals surface area (Å²) in [6.45, 7) is 1.10. The zero-order valence-corrected chi connectivity index (χ0v) is 6.49. The first-order valence-corrected chi connectivity index (χ1v) is 4.26. The van der Waals surface area contributed by atoms with E-state index in [0.29, 0.717) is 12.5 Å². The molecule has 2 aliphatic heterocycles. The largest absolute Gasteiger partial charge is 0.396 e. The monoisotopic (exact) mass is 155 g/mol. The normalized spacial score (nSPS) is 35.4. The molecule has 2 fully saturated rings. The van der Waals surface area contributed by atoms with Gasteiger partial charge >= 0.3 is 0 Å². The highest BCUT2D eigenvalue weighted by atomic mass is 16.3. The summed E-state index contributed by atoms with van der Waals surface area (Å²) in [5, 5.41) is 8.67. The van der Waals surface area contributed by atoms with Crippen LogP contribution in [0.25, 0.3) is 0 Å². The number of amides is 1. The smallest absolute Gasteiger partial charge is 0.228 e. The van der Waals surface area contributed by atoms with Crippen molar-refractivity contribution in [2.45, 2.75) is 25.3 Å². The Hall–Kier alpha value is -0.570. The van der Waals surface area contributed by atoms with Crippen LogP contribution in [-0.4, -0.2) is 35.1 Å². The molecule has 2 heterocycles. The van der Waals surface area contributed by atoms with E-state index in [1.165, 1.54) is 0 Å². The van der Waals surface area contributed by atoms with E-state index < -0.39 is 0 Å². The van der Waals surface area contributed by atoms with Crippen LogP contribution in [0.2, 0.25) is 0 Å². The summed E-state index contributed by atoms with van der Waals surface area (Å²) in [7, 11) is 0. The third kappa shape index (κ3) is 0.872. The number of hydrogen-bond donors (Lipinski definition) is 1. The molecule has 2 atom stereocenters. The molecule has 1 amide bonds. The van der Waals surface area contributed by atoms with Crippen LogP contribution in [0.1, 0.15) is 19.3 Å². The summed E-state index contributed by atoms with van der Waals surface area (Å²) in [6, 6.07) is 0.481. The van der Waals surface area contributed by atoms with Gasteiger partial charge in [-0.15, -0.1) is 0 Å². The van der Waals surface area contributed by atoms with E-state index in [0.717, 1.165) is 19.4 Å². The Balaban J connectivity index is 1.98. The maximum absolute atomic E-state index is 11.2. The van der Waals surface area contributed by atoms with Crippen molar-refractivity contribution in [1.29, 1.82) is 0 Å². The molecule has 1 N–H and O–H groups in total. The lowest BCUT2D eigenvalue weighted by Crippen LogP contribution is -2.57. The molecule has 0 radical (unpaired) electrons. The van der Waals surface area contributed by atoms with Gasteiger partial charge in [0, 0.05) is 19.2 Å².